The zero-order chi connectivity index (χ0) is 14.9. The first-order valence-electron chi connectivity index (χ1n) is 6.51. The third kappa shape index (κ3) is 2.21. The Hall–Kier alpha value is -2.80. The topological polar surface area (TPSA) is 73.9 Å². The van der Waals surface area contributed by atoms with E-state index in [0.717, 1.165) is 16.7 Å². The lowest BCUT2D eigenvalue weighted by molar-refractivity contribution is 0.415. The Labute approximate surface area is 129 Å². The van der Waals surface area contributed by atoms with Crippen LogP contribution in [0.15, 0.2) is 45.7 Å². The van der Waals surface area contributed by atoms with Gasteiger partial charge in [0.25, 0.3) is 5.89 Å². The van der Waals surface area contributed by atoms with Crippen molar-refractivity contribution < 1.29 is 9.26 Å². The quantitative estimate of drug-likeness (QED) is 0.577. The van der Waals surface area contributed by atoms with Crippen LogP contribution in [0.4, 0.5) is 0 Å². The Bertz CT molecular complexity index is 934. The number of hydrogen-bond donors (Lipinski definition) is 0. The highest BCUT2D eigenvalue weighted by atomic mass is 32.1. The molecule has 0 atom stereocenters. The highest BCUT2D eigenvalue weighted by Crippen LogP contribution is 2.24. The van der Waals surface area contributed by atoms with E-state index in [1.54, 1.807) is 12.6 Å². The second-order valence-corrected chi connectivity index (χ2v) is 5.27. The van der Waals surface area contributed by atoms with Gasteiger partial charge >= 0.3 is 0 Å². The third-order valence-electron chi connectivity index (χ3n) is 3.20. The number of nitrogens with zero attached hydrogens (tertiary/aromatic N) is 4. The number of fused-ring (bicyclic) bond motifs is 1. The molecule has 7 heteroatoms. The maximum Gasteiger partial charge on any atom is 0.277 e. The number of pyridine rings is 1. The van der Waals surface area contributed by atoms with Crippen molar-refractivity contribution in [2.24, 2.45) is 0 Å². The fourth-order valence-electron chi connectivity index (χ4n) is 2.10. The van der Waals surface area contributed by atoms with Crippen molar-refractivity contribution in [3.8, 4) is 28.9 Å². The monoisotopic (exact) mass is 310 g/mol. The van der Waals surface area contributed by atoms with Crippen LogP contribution >= 0.6 is 11.3 Å². The molecule has 3 aromatic heterocycles. The van der Waals surface area contributed by atoms with E-state index in [1.165, 1.54) is 11.3 Å². The Morgan fingerprint density at radius 1 is 1.09 bits per heavy atom. The Morgan fingerprint density at radius 3 is 2.86 bits per heavy atom. The first-order chi connectivity index (χ1) is 10.8. The molecule has 0 unspecified atom stereocenters. The van der Waals surface area contributed by atoms with Crippen molar-refractivity contribution in [2.75, 3.05) is 7.11 Å². The molecule has 0 bridgehead atoms. The SMILES string of the molecule is COc1ccc2nc(-c3noc(-c4cscn4)n3)ccc2c1. The second-order valence-electron chi connectivity index (χ2n) is 4.55. The number of hydrogen-bond acceptors (Lipinski definition) is 7. The fraction of sp³-hybridized carbons (Fsp3) is 0.0667. The normalized spacial score (nSPS) is 11.0. The summed E-state index contributed by atoms with van der Waals surface area (Å²) in [6.07, 6.45) is 0. The van der Waals surface area contributed by atoms with E-state index < -0.39 is 0 Å². The molecule has 3 heterocycles. The third-order valence-corrected chi connectivity index (χ3v) is 3.79. The minimum Gasteiger partial charge on any atom is -0.497 e. The van der Waals surface area contributed by atoms with Crippen LogP contribution in [0.25, 0.3) is 34.0 Å². The zero-order valence-electron chi connectivity index (χ0n) is 11.6. The Kier molecular flexibility index (Phi) is 3.05. The average Bonchev–Trinajstić information content (AvgIpc) is 3.24. The van der Waals surface area contributed by atoms with Crippen molar-refractivity contribution in [1.82, 2.24) is 20.1 Å². The van der Waals surface area contributed by atoms with E-state index >= 15 is 0 Å². The second kappa shape index (κ2) is 5.19. The Balaban J connectivity index is 1.75. The largest absolute Gasteiger partial charge is 0.497 e. The fourth-order valence-corrected chi connectivity index (χ4v) is 2.63. The molecule has 6 nitrogen and oxygen atoms in total. The number of rotatable bonds is 3. The van der Waals surface area contributed by atoms with E-state index in [4.69, 9.17) is 9.26 Å². The van der Waals surface area contributed by atoms with Gasteiger partial charge in [-0.15, -0.1) is 11.3 Å². The average molecular weight is 310 g/mol. The molecule has 0 saturated heterocycles. The van der Waals surface area contributed by atoms with Crippen molar-refractivity contribution in [3.05, 3.63) is 41.2 Å². The van der Waals surface area contributed by atoms with Gasteiger partial charge in [-0.1, -0.05) is 11.2 Å². The van der Waals surface area contributed by atoms with Crippen LogP contribution < -0.4 is 4.74 Å². The standard InChI is InChI=1S/C15H10N4O2S/c1-20-10-3-5-11-9(6-10)2-4-12(17-11)14-18-15(21-19-14)13-7-22-8-16-13/h2-8H,1H3. The lowest BCUT2D eigenvalue weighted by Gasteiger charge is -2.02. The summed E-state index contributed by atoms with van der Waals surface area (Å²) in [6, 6.07) is 9.52. The molecule has 0 fully saturated rings. The zero-order valence-corrected chi connectivity index (χ0v) is 12.4. The molecule has 108 valence electrons. The maximum absolute atomic E-state index is 5.24. The number of aromatic nitrogens is 4. The minimum absolute atomic E-state index is 0.396. The van der Waals surface area contributed by atoms with Crippen LogP contribution in [-0.4, -0.2) is 27.2 Å². The summed E-state index contributed by atoms with van der Waals surface area (Å²) in [4.78, 5) is 13.1. The Morgan fingerprint density at radius 2 is 2.05 bits per heavy atom. The van der Waals surface area contributed by atoms with Gasteiger partial charge in [0.05, 0.1) is 18.1 Å². The molecular weight excluding hydrogens is 300 g/mol. The van der Waals surface area contributed by atoms with Gasteiger partial charge in [0.15, 0.2) is 0 Å². The van der Waals surface area contributed by atoms with E-state index in [-0.39, 0.29) is 0 Å². The van der Waals surface area contributed by atoms with Gasteiger partial charge in [0, 0.05) is 10.8 Å². The maximum atomic E-state index is 5.24. The first kappa shape index (κ1) is 12.9. The summed E-state index contributed by atoms with van der Waals surface area (Å²) < 4.78 is 10.4. The highest BCUT2D eigenvalue weighted by molar-refractivity contribution is 7.07. The van der Waals surface area contributed by atoms with Crippen LogP contribution in [-0.2, 0) is 0 Å². The van der Waals surface area contributed by atoms with Crippen molar-refractivity contribution in [1.29, 1.82) is 0 Å². The van der Waals surface area contributed by atoms with Gasteiger partial charge in [0.2, 0.25) is 5.82 Å². The van der Waals surface area contributed by atoms with Gasteiger partial charge in [0.1, 0.15) is 17.1 Å². The molecule has 0 saturated carbocycles. The van der Waals surface area contributed by atoms with Crippen molar-refractivity contribution in [3.63, 3.8) is 0 Å². The molecule has 22 heavy (non-hydrogen) atoms. The molecule has 0 spiro atoms. The van der Waals surface area contributed by atoms with Crippen LogP contribution in [0.3, 0.4) is 0 Å². The predicted octanol–water partition coefficient (Wildman–Crippen LogP) is 3.42. The first-order valence-corrected chi connectivity index (χ1v) is 7.45. The van der Waals surface area contributed by atoms with Gasteiger partial charge in [-0.3, -0.25) is 0 Å². The molecule has 0 N–H and O–H groups in total. The molecule has 4 rings (SSSR count). The molecule has 0 amide bonds. The van der Waals surface area contributed by atoms with E-state index in [9.17, 15) is 0 Å². The van der Waals surface area contributed by atoms with E-state index in [1.807, 2.05) is 35.7 Å². The van der Waals surface area contributed by atoms with Crippen LogP contribution in [0.2, 0.25) is 0 Å². The summed E-state index contributed by atoms with van der Waals surface area (Å²) in [5, 5.41) is 6.82. The van der Waals surface area contributed by atoms with Crippen LogP contribution in [0.1, 0.15) is 0 Å². The summed E-state index contributed by atoms with van der Waals surface area (Å²) in [5.41, 5.74) is 3.90. The summed E-state index contributed by atoms with van der Waals surface area (Å²) in [6.45, 7) is 0. The van der Waals surface area contributed by atoms with Gasteiger partial charge in [-0.25, -0.2) is 9.97 Å². The predicted molar refractivity (Wildman–Crippen MR) is 82.7 cm³/mol. The molecule has 0 aliphatic carbocycles. The number of methoxy groups -OCH3 is 1. The highest BCUT2D eigenvalue weighted by Gasteiger charge is 2.13. The van der Waals surface area contributed by atoms with E-state index in [0.29, 0.717) is 23.1 Å². The lowest BCUT2D eigenvalue weighted by Crippen LogP contribution is -1.88. The van der Waals surface area contributed by atoms with Gasteiger partial charge in [-0.2, -0.15) is 4.98 Å². The van der Waals surface area contributed by atoms with Crippen LogP contribution in [0, 0.1) is 0 Å². The summed E-state index contributed by atoms with van der Waals surface area (Å²) in [7, 11) is 1.64. The summed E-state index contributed by atoms with van der Waals surface area (Å²) in [5.74, 6) is 1.64. The van der Waals surface area contributed by atoms with Crippen LogP contribution in [0.5, 0.6) is 5.75 Å². The van der Waals surface area contributed by atoms with Gasteiger partial charge in [-0.05, 0) is 24.3 Å². The molecule has 0 aliphatic heterocycles. The smallest absolute Gasteiger partial charge is 0.277 e. The minimum atomic E-state index is 0.396. The number of thiazole rings is 1. The molecule has 0 aliphatic rings. The summed E-state index contributed by atoms with van der Waals surface area (Å²) >= 11 is 1.48. The lowest BCUT2D eigenvalue weighted by atomic mass is 10.2. The van der Waals surface area contributed by atoms with E-state index in [2.05, 4.69) is 20.1 Å². The molecule has 1 aromatic carbocycles. The molecule has 0 radical (unpaired) electrons. The molecule has 4 aromatic rings. The molecular formula is C15H10N4O2S. The number of ether oxygens (including phenoxy) is 1. The number of benzene rings is 1. The van der Waals surface area contributed by atoms with Crippen molar-refractivity contribution in [2.45, 2.75) is 0 Å². The van der Waals surface area contributed by atoms with Gasteiger partial charge < -0.3 is 9.26 Å². The van der Waals surface area contributed by atoms with Crippen molar-refractivity contribution >= 4 is 22.2 Å².